The lowest BCUT2D eigenvalue weighted by molar-refractivity contribution is -0.137. The molecule has 8 heteroatoms. The van der Waals surface area contributed by atoms with E-state index in [2.05, 4.69) is 26.6 Å². The first-order chi connectivity index (χ1) is 9.79. The molecular formula is C13H15BrClFN2O3. The average Bonchev–Trinajstić information content (AvgIpc) is 2.38. The number of carboxylic acids is 1. The zero-order valence-electron chi connectivity index (χ0n) is 11.3. The second-order valence-electron chi connectivity index (χ2n) is 4.62. The molecule has 0 saturated heterocycles. The van der Waals surface area contributed by atoms with Crippen LogP contribution in [0.2, 0.25) is 5.02 Å². The third kappa shape index (κ3) is 6.31. The van der Waals surface area contributed by atoms with Crippen LogP contribution in [0.4, 0.5) is 14.9 Å². The summed E-state index contributed by atoms with van der Waals surface area (Å²) in [5.41, 5.74) is 0.272. The quantitative estimate of drug-likeness (QED) is 0.700. The van der Waals surface area contributed by atoms with Crippen molar-refractivity contribution in [3.8, 4) is 0 Å². The summed E-state index contributed by atoms with van der Waals surface area (Å²) in [7, 11) is 0. The van der Waals surface area contributed by atoms with E-state index in [0.29, 0.717) is 17.4 Å². The van der Waals surface area contributed by atoms with E-state index in [4.69, 9.17) is 16.7 Å². The molecule has 0 spiro atoms. The summed E-state index contributed by atoms with van der Waals surface area (Å²) in [6, 6.07) is 1.79. The Morgan fingerprint density at radius 3 is 2.71 bits per heavy atom. The molecule has 0 aliphatic rings. The molecule has 2 amide bonds. The number of hydrogen-bond acceptors (Lipinski definition) is 2. The monoisotopic (exact) mass is 380 g/mol. The highest BCUT2D eigenvalue weighted by Crippen LogP contribution is 2.31. The van der Waals surface area contributed by atoms with Crippen molar-refractivity contribution in [2.24, 2.45) is 5.92 Å². The van der Waals surface area contributed by atoms with Crippen LogP contribution in [0.5, 0.6) is 0 Å². The van der Waals surface area contributed by atoms with Gasteiger partial charge in [0.1, 0.15) is 5.82 Å². The molecule has 0 fully saturated rings. The van der Waals surface area contributed by atoms with E-state index < -0.39 is 17.8 Å². The molecule has 1 unspecified atom stereocenters. The largest absolute Gasteiger partial charge is 0.481 e. The third-order valence-electron chi connectivity index (χ3n) is 2.71. The van der Waals surface area contributed by atoms with Crippen LogP contribution in [0.15, 0.2) is 16.6 Å². The fraction of sp³-hybridized carbons (Fsp3) is 0.385. The van der Waals surface area contributed by atoms with Crippen LogP contribution < -0.4 is 10.6 Å². The van der Waals surface area contributed by atoms with Crippen molar-refractivity contribution in [2.75, 3.05) is 11.9 Å². The first kappa shape index (κ1) is 17.7. The van der Waals surface area contributed by atoms with Crippen LogP contribution in [-0.2, 0) is 4.79 Å². The molecule has 1 aromatic carbocycles. The molecule has 0 radical (unpaired) electrons. The zero-order valence-corrected chi connectivity index (χ0v) is 13.6. The number of amides is 2. The second kappa shape index (κ2) is 8.19. The normalized spacial score (nSPS) is 11.8. The number of rotatable bonds is 6. The topological polar surface area (TPSA) is 78.4 Å². The van der Waals surface area contributed by atoms with Crippen LogP contribution in [-0.4, -0.2) is 23.7 Å². The highest BCUT2D eigenvalue weighted by atomic mass is 79.9. The van der Waals surface area contributed by atoms with Crippen LogP contribution >= 0.6 is 27.5 Å². The van der Waals surface area contributed by atoms with Crippen molar-refractivity contribution in [3.63, 3.8) is 0 Å². The highest BCUT2D eigenvalue weighted by Gasteiger charge is 2.12. The molecule has 116 valence electrons. The van der Waals surface area contributed by atoms with Gasteiger partial charge >= 0.3 is 12.0 Å². The second-order valence-corrected chi connectivity index (χ2v) is 5.88. The number of hydrogen-bond donors (Lipinski definition) is 3. The van der Waals surface area contributed by atoms with E-state index in [1.54, 1.807) is 0 Å². The van der Waals surface area contributed by atoms with E-state index in [0.717, 1.165) is 6.07 Å². The van der Waals surface area contributed by atoms with Gasteiger partial charge in [0, 0.05) is 17.4 Å². The lowest BCUT2D eigenvalue weighted by Gasteiger charge is -2.14. The van der Waals surface area contributed by atoms with Crippen molar-refractivity contribution < 1.29 is 19.1 Å². The molecule has 1 atom stereocenters. The number of nitrogens with one attached hydrogen (secondary N) is 2. The maximum Gasteiger partial charge on any atom is 0.319 e. The Labute approximate surface area is 135 Å². The van der Waals surface area contributed by atoms with E-state index in [-0.39, 0.29) is 23.0 Å². The molecule has 1 aromatic rings. The van der Waals surface area contributed by atoms with Crippen LogP contribution in [0.1, 0.15) is 19.8 Å². The van der Waals surface area contributed by atoms with Gasteiger partial charge in [0.25, 0.3) is 0 Å². The van der Waals surface area contributed by atoms with Gasteiger partial charge in [-0.25, -0.2) is 9.18 Å². The summed E-state index contributed by atoms with van der Waals surface area (Å²) in [4.78, 5) is 22.2. The number of carbonyl (C=O) groups is 2. The van der Waals surface area contributed by atoms with Gasteiger partial charge in [-0.05, 0) is 40.4 Å². The van der Waals surface area contributed by atoms with Gasteiger partial charge in [-0.3, -0.25) is 4.79 Å². The maximum absolute atomic E-state index is 13.1. The Bertz CT molecular complexity index is 519. The predicted octanol–water partition coefficient (Wildman–Crippen LogP) is 3.86. The number of urea groups is 1. The molecule has 0 heterocycles. The summed E-state index contributed by atoms with van der Waals surface area (Å²) in [6.45, 7) is 2.17. The van der Waals surface area contributed by atoms with Gasteiger partial charge in [0.05, 0.1) is 10.7 Å². The highest BCUT2D eigenvalue weighted by molar-refractivity contribution is 9.10. The molecule has 5 nitrogen and oxygen atoms in total. The van der Waals surface area contributed by atoms with Crippen LogP contribution in [0.3, 0.4) is 0 Å². The van der Waals surface area contributed by atoms with Crippen LogP contribution in [0.25, 0.3) is 0 Å². The Hall–Kier alpha value is -1.34. The summed E-state index contributed by atoms with van der Waals surface area (Å²) in [5.74, 6) is -1.35. The zero-order chi connectivity index (χ0) is 16.0. The molecule has 0 bridgehead atoms. The first-order valence-electron chi connectivity index (χ1n) is 6.20. The van der Waals surface area contributed by atoms with Gasteiger partial charge in [-0.2, -0.15) is 0 Å². The summed E-state index contributed by atoms with van der Waals surface area (Å²) < 4.78 is 13.4. The van der Waals surface area contributed by atoms with Gasteiger partial charge in [-0.15, -0.1) is 0 Å². The van der Waals surface area contributed by atoms with Gasteiger partial charge in [0.2, 0.25) is 0 Å². The number of carboxylic acid groups (broad SMARTS) is 1. The molecule has 3 N–H and O–H groups in total. The third-order valence-corrected chi connectivity index (χ3v) is 3.63. The molecule has 0 aliphatic carbocycles. The summed E-state index contributed by atoms with van der Waals surface area (Å²) in [6.07, 6.45) is 0.524. The Balaban J connectivity index is 2.49. The molecule has 21 heavy (non-hydrogen) atoms. The lowest BCUT2D eigenvalue weighted by Crippen LogP contribution is -2.32. The number of benzene rings is 1. The molecular weight excluding hydrogens is 367 g/mol. The number of carbonyl (C=O) groups excluding carboxylic acids is 1. The van der Waals surface area contributed by atoms with E-state index in [9.17, 15) is 14.0 Å². The standard InChI is InChI=1S/C13H15BrClFN2O3/c1-7(2-3-11(19)20)6-17-13(21)18-12-9(14)4-8(16)5-10(12)15/h4-5,7H,2-3,6H2,1H3,(H,19,20)(H2,17,18,21). The first-order valence-corrected chi connectivity index (χ1v) is 7.38. The predicted molar refractivity (Wildman–Crippen MR) is 82.2 cm³/mol. The average molecular weight is 382 g/mol. The lowest BCUT2D eigenvalue weighted by atomic mass is 10.1. The molecule has 1 rings (SSSR count). The van der Waals surface area contributed by atoms with E-state index in [1.165, 1.54) is 6.07 Å². The van der Waals surface area contributed by atoms with Crippen LogP contribution in [0, 0.1) is 11.7 Å². The minimum Gasteiger partial charge on any atom is -0.481 e. The maximum atomic E-state index is 13.1. The minimum atomic E-state index is -0.867. The minimum absolute atomic E-state index is 0.0268. The van der Waals surface area contributed by atoms with Crippen molar-refractivity contribution in [1.82, 2.24) is 5.32 Å². The Morgan fingerprint density at radius 2 is 2.14 bits per heavy atom. The Morgan fingerprint density at radius 1 is 1.48 bits per heavy atom. The number of aliphatic carboxylic acids is 1. The van der Waals surface area contributed by atoms with Crippen molar-refractivity contribution >= 4 is 45.2 Å². The Kier molecular flexibility index (Phi) is 6.91. The number of anilines is 1. The fourth-order valence-electron chi connectivity index (χ4n) is 1.56. The smallest absolute Gasteiger partial charge is 0.319 e. The van der Waals surface area contributed by atoms with Crippen molar-refractivity contribution in [3.05, 3.63) is 27.4 Å². The van der Waals surface area contributed by atoms with Gasteiger partial charge in [-0.1, -0.05) is 18.5 Å². The SMILES string of the molecule is CC(CCC(=O)O)CNC(=O)Nc1c(Cl)cc(F)cc1Br. The van der Waals surface area contributed by atoms with Gasteiger partial charge < -0.3 is 15.7 Å². The molecule has 0 aromatic heterocycles. The van der Waals surface area contributed by atoms with Crippen molar-refractivity contribution in [2.45, 2.75) is 19.8 Å². The van der Waals surface area contributed by atoms with E-state index >= 15 is 0 Å². The number of halogens is 3. The summed E-state index contributed by atoms with van der Waals surface area (Å²) >= 11 is 8.96. The van der Waals surface area contributed by atoms with Crippen molar-refractivity contribution in [1.29, 1.82) is 0 Å². The van der Waals surface area contributed by atoms with Gasteiger partial charge in [0.15, 0.2) is 0 Å². The fourth-order valence-corrected chi connectivity index (χ4v) is 2.46. The molecule has 0 saturated carbocycles. The molecule has 0 aliphatic heterocycles. The van der Waals surface area contributed by atoms with E-state index in [1.807, 2.05) is 6.92 Å². The summed E-state index contributed by atoms with van der Waals surface area (Å²) in [5, 5.41) is 13.8.